The molecule has 0 unspecified atom stereocenters. The normalized spacial score (nSPS) is 14.2. The average molecular weight is 474 g/mol. The van der Waals surface area contributed by atoms with Crippen molar-refractivity contribution in [1.82, 2.24) is 0 Å². The van der Waals surface area contributed by atoms with E-state index in [2.05, 4.69) is 10.6 Å². The summed E-state index contributed by atoms with van der Waals surface area (Å²) >= 11 is 1.63. The number of nitrogens with one attached hydrogen (secondary N) is 2. The first-order chi connectivity index (χ1) is 9.20. The van der Waals surface area contributed by atoms with Gasteiger partial charge in [-0.15, -0.1) is 0 Å². The Labute approximate surface area is 145 Å². The monoisotopic (exact) mass is 473 g/mol. The third kappa shape index (κ3) is 2.85. The van der Waals surface area contributed by atoms with Crippen molar-refractivity contribution in [3.8, 4) is 0 Å². The molecule has 0 aliphatic carbocycles. The van der Waals surface area contributed by atoms with Crippen LogP contribution in [0.4, 0.5) is 16.2 Å². The molecule has 0 bridgehead atoms. The summed E-state index contributed by atoms with van der Waals surface area (Å²) in [6.07, 6.45) is 0. The van der Waals surface area contributed by atoms with Gasteiger partial charge in [0.1, 0.15) is 0 Å². The molecule has 0 amide bonds. The van der Waals surface area contributed by atoms with Gasteiger partial charge in [-0.1, -0.05) is 42.5 Å². The van der Waals surface area contributed by atoms with Crippen LogP contribution in [-0.2, 0) is 33.0 Å². The molecular formula is C14H11AgIN2O2. The van der Waals surface area contributed by atoms with Crippen LogP contribution in [0.2, 0.25) is 0 Å². The first-order valence-electron chi connectivity index (χ1n) is 5.79. The van der Waals surface area contributed by atoms with Gasteiger partial charge in [-0.05, 0) is 12.1 Å². The number of hydrogen-bond acceptors (Lipinski definition) is 4. The minimum absolute atomic E-state index is 0. The first-order valence-corrected chi connectivity index (χ1v) is 6.87. The number of rotatable bonds is 2. The SMILES string of the molecule is O=C(I)OC1(c2ccccc2)Nc2ccccc2N1.[Ag]. The zero-order valence-corrected chi connectivity index (χ0v) is 13.8. The minimum Gasteiger partial charge on any atom is -0.408 e. The van der Waals surface area contributed by atoms with Crippen molar-refractivity contribution < 1.29 is 31.9 Å². The molecule has 107 valence electrons. The number of halogens is 1. The Morgan fingerprint density at radius 2 is 1.45 bits per heavy atom. The van der Waals surface area contributed by atoms with Gasteiger partial charge in [0.05, 0.1) is 34.0 Å². The van der Waals surface area contributed by atoms with Crippen LogP contribution in [-0.4, -0.2) is 3.98 Å². The van der Waals surface area contributed by atoms with Gasteiger partial charge in [0, 0.05) is 27.9 Å². The van der Waals surface area contributed by atoms with Crippen molar-refractivity contribution >= 4 is 37.9 Å². The molecule has 1 aliphatic heterocycles. The van der Waals surface area contributed by atoms with Crippen LogP contribution in [0.1, 0.15) is 5.56 Å². The third-order valence-corrected chi connectivity index (χ3v) is 3.18. The Morgan fingerprint density at radius 1 is 0.950 bits per heavy atom. The predicted molar refractivity (Wildman–Crippen MR) is 82.3 cm³/mol. The molecule has 1 heterocycles. The Kier molecular flexibility index (Phi) is 4.74. The topological polar surface area (TPSA) is 50.4 Å². The maximum absolute atomic E-state index is 11.4. The van der Waals surface area contributed by atoms with Crippen LogP contribution in [0, 0.1) is 0 Å². The van der Waals surface area contributed by atoms with Crippen LogP contribution >= 0.6 is 22.6 Å². The van der Waals surface area contributed by atoms with Crippen LogP contribution in [0.3, 0.4) is 0 Å². The molecular weight excluding hydrogens is 463 g/mol. The Hall–Kier alpha value is -1.02. The van der Waals surface area contributed by atoms with Gasteiger partial charge in [-0.25, -0.2) is 4.79 Å². The maximum atomic E-state index is 11.4. The van der Waals surface area contributed by atoms with E-state index >= 15 is 0 Å². The number of carbonyl (C=O) groups is 1. The summed E-state index contributed by atoms with van der Waals surface area (Å²) in [6, 6.07) is 17.3. The van der Waals surface area contributed by atoms with Crippen molar-refractivity contribution in [2.24, 2.45) is 0 Å². The summed E-state index contributed by atoms with van der Waals surface area (Å²) in [5.41, 5.74) is 2.66. The second-order valence-electron chi connectivity index (χ2n) is 4.18. The smallest absolute Gasteiger partial charge is 0.370 e. The van der Waals surface area contributed by atoms with Gasteiger partial charge in [-0.2, -0.15) is 0 Å². The van der Waals surface area contributed by atoms with Gasteiger partial charge >= 0.3 is 3.98 Å². The molecule has 0 atom stereocenters. The molecule has 0 aromatic heterocycles. The standard InChI is InChI=1S/C14H11IN2O2.Ag/c15-13(18)19-14(10-6-2-1-3-7-10)16-11-8-4-5-9-12(11)17-14;/h1-9,16-17H;. The maximum Gasteiger partial charge on any atom is 0.370 e. The molecule has 0 saturated heterocycles. The summed E-state index contributed by atoms with van der Waals surface area (Å²) in [5.74, 6) is -1.04. The Balaban J connectivity index is 0.00000147. The predicted octanol–water partition coefficient (Wildman–Crippen LogP) is 3.90. The zero-order valence-electron chi connectivity index (χ0n) is 10.2. The van der Waals surface area contributed by atoms with Gasteiger partial charge < -0.3 is 15.4 Å². The van der Waals surface area contributed by atoms with E-state index < -0.39 is 5.85 Å². The second-order valence-corrected chi connectivity index (χ2v) is 5.06. The van der Waals surface area contributed by atoms with Gasteiger partial charge in [0.2, 0.25) is 0 Å². The molecule has 6 heteroatoms. The first kappa shape index (κ1) is 15.4. The van der Waals surface area contributed by atoms with Gasteiger partial charge in [0.15, 0.2) is 0 Å². The molecule has 0 fully saturated rings. The zero-order chi connectivity index (χ0) is 13.3. The summed E-state index contributed by atoms with van der Waals surface area (Å²) in [7, 11) is 0. The van der Waals surface area contributed by atoms with Crippen molar-refractivity contribution in [2.75, 3.05) is 10.6 Å². The van der Waals surface area contributed by atoms with Crippen molar-refractivity contribution in [1.29, 1.82) is 0 Å². The number of anilines is 2. The molecule has 1 aliphatic rings. The van der Waals surface area contributed by atoms with Crippen LogP contribution < -0.4 is 10.6 Å². The number of fused-ring (bicyclic) bond motifs is 1. The fraction of sp³-hybridized carbons (Fsp3) is 0.0714. The van der Waals surface area contributed by atoms with E-state index in [1.54, 1.807) is 22.6 Å². The molecule has 3 rings (SSSR count). The quantitative estimate of drug-likeness (QED) is 0.394. The third-order valence-electron chi connectivity index (χ3n) is 2.96. The molecule has 2 N–H and O–H groups in total. The number of benzene rings is 2. The Bertz CT molecular complexity index is 597. The molecule has 2 aromatic carbocycles. The van der Waals surface area contributed by atoms with E-state index in [0.717, 1.165) is 16.9 Å². The van der Waals surface area contributed by atoms with E-state index in [9.17, 15) is 4.79 Å². The van der Waals surface area contributed by atoms with Crippen LogP contribution in [0.25, 0.3) is 0 Å². The van der Waals surface area contributed by atoms with E-state index in [4.69, 9.17) is 4.74 Å². The van der Waals surface area contributed by atoms with Gasteiger partial charge in [0.25, 0.3) is 5.85 Å². The van der Waals surface area contributed by atoms with Crippen molar-refractivity contribution in [3.63, 3.8) is 0 Å². The number of para-hydroxylation sites is 2. The average Bonchev–Trinajstić information content (AvgIpc) is 2.78. The minimum atomic E-state index is -1.04. The fourth-order valence-electron chi connectivity index (χ4n) is 2.16. The summed E-state index contributed by atoms with van der Waals surface area (Å²) < 4.78 is 5.11. The van der Waals surface area contributed by atoms with Crippen molar-refractivity contribution in [2.45, 2.75) is 5.85 Å². The van der Waals surface area contributed by atoms with E-state index in [0.29, 0.717) is 0 Å². The van der Waals surface area contributed by atoms with Crippen LogP contribution in [0.5, 0.6) is 0 Å². The van der Waals surface area contributed by atoms with E-state index in [-0.39, 0.29) is 26.4 Å². The Morgan fingerprint density at radius 3 is 1.95 bits per heavy atom. The largest absolute Gasteiger partial charge is 0.408 e. The van der Waals surface area contributed by atoms with Crippen molar-refractivity contribution in [3.05, 3.63) is 60.2 Å². The molecule has 0 spiro atoms. The fourth-order valence-corrected chi connectivity index (χ4v) is 2.49. The van der Waals surface area contributed by atoms with Gasteiger partial charge in [-0.3, -0.25) is 0 Å². The van der Waals surface area contributed by atoms with Crippen LogP contribution in [0.15, 0.2) is 54.6 Å². The summed E-state index contributed by atoms with van der Waals surface area (Å²) in [5, 5.41) is 6.47. The number of hydrogen-bond donors (Lipinski definition) is 2. The van der Waals surface area contributed by atoms with E-state index in [1.807, 2.05) is 54.6 Å². The number of ether oxygens (including phenoxy) is 1. The van der Waals surface area contributed by atoms with E-state index in [1.165, 1.54) is 0 Å². The summed E-state index contributed by atoms with van der Waals surface area (Å²) in [6.45, 7) is 0. The molecule has 0 saturated carbocycles. The molecule has 1 radical (unpaired) electrons. The molecule has 2 aromatic rings. The number of carbonyl (C=O) groups excluding carboxylic acids is 1. The summed E-state index contributed by atoms with van der Waals surface area (Å²) in [4.78, 5) is 11.4. The molecule has 20 heavy (non-hydrogen) atoms. The molecule has 4 nitrogen and oxygen atoms in total. The second kappa shape index (κ2) is 6.17.